The number of hydrogen-bond donors (Lipinski definition) is 2. The Balaban J connectivity index is 1.58. The number of amides is 1. The maximum absolute atomic E-state index is 11.3. The summed E-state index contributed by atoms with van der Waals surface area (Å²) in [7, 11) is 0. The van der Waals surface area contributed by atoms with Gasteiger partial charge in [0, 0.05) is 12.6 Å². The van der Waals surface area contributed by atoms with Crippen molar-refractivity contribution in [2.24, 2.45) is 0 Å². The monoisotopic (exact) mass is 336 g/mol. The fraction of sp³-hybridized carbons (Fsp3) is 0.250. The van der Waals surface area contributed by atoms with Gasteiger partial charge in [0.05, 0.1) is 5.69 Å². The van der Waals surface area contributed by atoms with Gasteiger partial charge in [-0.15, -0.1) is 6.42 Å². The summed E-state index contributed by atoms with van der Waals surface area (Å²) in [5.41, 5.74) is 2.97. The normalized spacial score (nSPS) is 13.8. The Labute approximate surface area is 147 Å². The molecule has 1 heterocycles. The Morgan fingerprint density at radius 2 is 2.12 bits per heavy atom. The summed E-state index contributed by atoms with van der Waals surface area (Å²) in [6, 6.07) is 13.8. The van der Waals surface area contributed by atoms with E-state index in [2.05, 4.69) is 23.5 Å². The fourth-order valence-corrected chi connectivity index (χ4v) is 2.58. The number of anilines is 1. The molecule has 0 saturated carbocycles. The molecule has 5 heteroatoms. The molecule has 2 N–H and O–H groups in total. The molecule has 1 amide bonds. The molecular formula is C20H20N2O3. The minimum absolute atomic E-state index is 0.0619. The van der Waals surface area contributed by atoms with Crippen molar-refractivity contribution in [3.8, 4) is 23.8 Å². The first-order valence-corrected chi connectivity index (χ1v) is 8.11. The highest BCUT2D eigenvalue weighted by Gasteiger charge is 2.17. The van der Waals surface area contributed by atoms with Crippen LogP contribution in [-0.4, -0.2) is 19.1 Å². The van der Waals surface area contributed by atoms with Gasteiger partial charge in [-0.25, -0.2) is 0 Å². The molecule has 2 aromatic rings. The number of nitrogens with one attached hydrogen (secondary N) is 2. The molecular weight excluding hydrogens is 316 g/mol. The fourth-order valence-electron chi connectivity index (χ4n) is 2.58. The third-order valence-corrected chi connectivity index (χ3v) is 4.00. The highest BCUT2D eigenvalue weighted by molar-refractivity contribution is 5.95. The lowest BCUT2D eigenvalue weighted by atomic mass is 10.1. The van der Waals surface area contributed by atoms with Gasteiger partial charge in [0.2, 0.25) is 0 Å². The number of carbonyl (C=O) groups is 1. The molecule has 0 bridgehead atoms. The summed E-state index contributed by atoms with van der Waals surface area (Å²) in [6.45, 7) is 3.15. The number of benzene rings is 2. The maximum Gasteiger partial charge on any atom is 0.262 e. The van der Waals surface area contributed by atoms with E-state index in [1.54, 1.807) is 0 Å². The van der Waals surface area contributed by atoms with E-state index in [1.807, 2.05) is 42.5 Å². The summed E-state index contributed by atoms with van der Waals surface area (Å²) in [5.74, 6) is 3.80. The summed E-state index contributed by atoms with van der Waals surface area (Å²) in [4.78, 5) is 11.3. The summed E-state index contributed by atoms with van der Waals surface area (Å²) >= 11 is 0. The Hall–Kier alpha value is -2.97. The number of rotatable bonds is 6. The molecule has 5 nitrogen and oxygen atoms in total. The lowest BCUT2D eigenvalue weighted by molar-refractivity contribution is -0.118. The Morgan fingerprint density at radius 1 is 1.32 bits per heavy atom. The third kappa shape index (κ3) is 4.31. The van der Waals surface area contributed by atoms with E-state index < -0.39 is 0 Å². The average molecular weight is 336 g/mol. The predicted octanol–water partition coefficient (Wildman–Crippen LogP) is 2.88. The molecule has 1 aliphatic rings. The second kappa shape index (κ2) is 7.73. The van der Waals surface area contributed by atoms with Gasteiger partial charge in [0.15, 0.2) is 6.61 Å². The van der Waals surface area contributed by atoms with Gasteiger partial charge in [0.25, 0.3) is 5.91 Å². The van der Waals surface area contributed by atoms with Crippen molar-refractivity contribution in [1.29, 1.82) is 0 Å². The Morgan fingerprint density at radius 3 is 2.88 bits per heavy atom. The maximum atomic E-state index is 11.3. The summed E-state index contributed by atoms with van der Waals surface area (Å²) in [5, 5.41) is 6.27. The van der Waals surface area contributed by atoms with E-state index in [-0.39, 0.29) is 25.2 Å². The summed E-state index contributed by atoms with van der Waals surface area (Å²) < 4.78 is 10.8. The molecule has 3 rings (SSSR count). The predicted molar refractivity (Wildman–Crippen MR) is 96.6 cm³/mol. The van der Waals surface area contributed by atoms with Gasteiger partial charge in [-0.3, -0.25) is 4.79 Å². The van der Waals surface area contributed by atoms with E-state index in [0.717, 1.165) is 29.1 Å². The van der Waals surface area contributed by atoms with E-state index >= 15 is 0 Å². The molecule has 128 valence electrons. The Bertz CT molecular complexity index is 794. The number of carbonyl (C=O) groups excluding carboxylic acids is 1. The second-order valence-corrected chi connectivity index (χ2v) is 5.83. The van der Waals surface area contributed by atoms with Crippen molar-refractivity contribution >= 4 is 11.6 Å². The van der Waals surface area contributed by atoms with Crippen molar-refractivity contribution in [2.75, 3.05) is 18.5 Å². The van der Waals surface area contributed by atoms with Crippen molar-refractivity contribution in [1.82, 2.24) is 5.32 Å². The zero-order chi connectivity index (χ0) is 17.6. The van der Waals surface area contributed by atoms with Crippen LogP contribution in [0, 0.1) is 12.3 Å². The van der Waals surface area contributed by atoms with E-state index in [4.69, 9.17) is 15.9 Å². The largest absolute Gasteiger partial charge is 0.482 e. The van der Waals surface area contributed by atoms with Gasteiger partial charge < -0.3 is 20.1 Å². The quantitative estimate of drug-likeness (QED) is 0.797. The number of ether oxygens (including phenoxy) is 2. The average Bonchev–Trinajstić information content (AvgIpc) is 2.64. The van der Waals surface area contributed by atoms with Gasteiger partial charge in [-0.05, 0) is 42.3 Å². The van der Waals surface area contributed by atoms with Crippen LogP contribution in [0.2, 0.25) is 0 Å². The highest BCUT2D eigenvalue weighted by Crippen LogP contribution is 2.30. The van der Waals surface area contributed by atoms with Crippen LogP contribution in [0.15, 0.2) is 42.5 Å². The first kappa shape index (κ1) is 16.9. The topological polar surface area (TPSA) is 59.6 Å². The number of fused-ring (bicyclic) bond motifs is 1. The van der Waals surface area contributed by atoms with Crippen LogP contribution >= 0.6 is 0 Å². The molecule has 0 radical (unpaired) electrons. The lowest BCUT2D eigenvalue weighted by Crippen LogP contribution is -2.25. The third-order valence-electron chi connectivity index (χ3n) is 4.00. The molecule has 0 saturated heterocycles. The van der Waals surface area contributed by atoms with Gasteiger partial charge >= 0.3 is 0 Å². The van der Waals surface area contributed by atoms with E-state index in [0.29, 0.717) is 5.75 Å². The lowest BCUT2D eigenvalue weighted by Gasteiger charge is -2.21. The second-order valence-electron chi connectivity index (χ2n) is 5.83. The van der Waals surface area contributed by atoms with E-state index in [9.17, 15) is 4.79 Å². The van der Waals surface area contributed by atoms with Gasteiger partial charge in [-0.1, -0.05) is 24.1 Å². The molecule has 0 spiro atoms. The van der Waals surface area contributed by atoms with Crippen LogP contribution < -0.4 is 20.1 Å². The molecule has 1 unspecified atom stereocenters. The molecule has 1 atom stereocenters. The van der Waals surface area contributed by atoms with Crippen LogP contribution in [-0.2, 0) is 11.3 Å². The highest BCUT2D eigenvalue weighted by atomic mass is 16.5. The molecule has 2 aromatic carbocycles. The minimum atomic E-state index is -0.124. The molecule has 1 aliphatic heterocycles. The van der Waals surface area contributed by atoms with E-state index in [1.165, 1.54) is 0 Å². The minimum Gasteiger partial charge on any atom is -0.482 e. The number of terminal acetylenes is 1. The summed E-state index contributed by atoms with van der Waals surface area (Å²) in [6.07, 6.45) is 5.18. The van der Waals surface area contributed by atoms with Crippen molar-refractivity contribution in [2.45, 2.75) is 19.5 Å². The van der Waals surface area contributed by atoms with Crippen molar-refractivity contribution in [3.63, 3.8) is 0 Å². The smallest absolute Gasteiger partial charge is 0.262 e. The zero-order valence-electron chi connectivity index (χ0n) is 14.0. The van der Waals surface area contributed by atoms with Gasteiger partial charge in [-0.2, -0.15) is 0 Å². The Kier molecular flexibility index (Phi) is 5.22. The van der Waals surface area contributed by atoms with Crippen LogP contribution in [0.3, 0.4) is 0 Å². The van der Waals surface area contributed by atoms with Crippen LogP contribution in [0.1, 0.15) is 24.1 Å². The molecule has 0 fully saturated rings. The first-order valence-electron chi connectivity index (χ1n) is 8.11. The molecule has 0 aromatic heterocycles. The standard InChI is InChI=1S/C20H20N2O3/c1-3-10-24-17-7-4-15(5-8-17)12-21-14(2)16-6-9-18-19(11-16)25-13-20(23)22-18/h1,4-9,11,14,21H,10,12-13H2,2H3,(H,22,23). The van der Waals surface area contributed by atoms with Crippen LogP contribution in [0.5, 0.6) is 11.5 Å². The molecule has 0 aliphatic carbocycles. The number of hydrogen-bond acceptors (Lipinski definition) is 4. The SMILES string of the molecule is C#CCOc1ccc(CNC(C)c2ccc3c(c2)OCC(=O)N3)cc1. The van der Waals surface area contributed by atoms with Gasteiger partial charge in [0.1, 0.15) is 18.1 Å². The van der Waals surface area contributed by atoms with Crippen molar-refractivity contribution < 1.29 is 14.3 Å². The van der Waals surface area contributed by atoms with Crippen molar-refractivity contribution in [3.05, 3.63) is 53.6 Å². The molecule has 25 heavy (non-hydrogen) atoms. The zero-order valence-corrected chi connectivity index (χ0v) is 14.0. The van der Waals surface area contributed by atoms with Crippen LogP contribution in [0.4, 0.5) is 5.69 Å². The first-order chi connectivity index (χ1) is 12.2. The van der Waals surface area contributed by atoms with Crippen LogP contribution in [0.25, 0.3) is 0 Å².